The molecule has 0 atom stereocenters. The minimum absolute atomic E-state index is 0.502. The number of aryl methyl sites for hydroxylation is 2. The molecule has 0 fully saturated rings. The van der Waals surface area contributed by atoms with E-state index in [1.165, 1.54) is 57.8 Å². The lowest BCUT2D eigenvalue weighted by atomic mass is 10.0. The molecule has 1 aromatic carbocycles. The highest BCUT2D eigenvalue weighted by atomic mass is 16.3. The Hall–Kier alpha value is -0.980. The Balaban J connectivity index is 2.03. The van der Waals surface area contributed by atoms with Crippen molar-refractivity contribution in [3.05, 3.63) is 29.3 Å². The molecule has 1 N–H and O–H groups in total. The molecule has 0 aliphatic carbocycles. The molecule has 0 amide bonds. The summed E-state index contributed by atoms with van der Waals surface area (Å²) in [6.45, 7) is 4.23. The standard InChI is InChI=1S/C18H30O/c1-3-4-5-6-7-8-9-10-11-14-17-15-12-13-16(2)18(17)19/h12-13,15,19H,3-11,14H2,1-2H3. The van der Waals surface area contributed by atoms with Crippen LogP contribution in [0.1, 0.15) is 75.8 Å². The average Bonchev–Trinajstić information content (AvgIpc) is 2.41. The number of rotatable bonds is 10. The molecule has 0 spiro atoms. The number of hydrogen-bond acceptors (Lipinski definition) is 1. The summed E-state index contributed by atoms with van der Waals surface area (Å²) in [7, 11) is 0. The van der Waals surface area contributed by atoms with Gasteiger partial charge in [0.25, 0.3) is 0 Å². The molecule has 0 aliphatic rings. The van der Waals surface area contributed by atoms with Crippen LogP contribution < -0.4 is 0 Å². The average molecular weight is 262 g/mol. The van der Waals surface area contributed by atoms with Crippen molar-refractivity contribution in [1.82, 2.24) is 0 Å². The molecule has 108 valence electrons. The predicted molar refractivity (Wildman–Crippen MR) is 83.8 cm³/mol. The lowest BCUT2D eigenvalue weighted by Crippen LogP contribution is -1.89. The number of aromatic hydroxyl groups is 1. The van der Waals surface area contributed by atoms with Crippen LogP contribution in [0.4, 0.5) is 0 Å². The van der Waals surface area contributed by atoms with Crippen molar-refractivity contribution < 1.29 is 5.11 Å². The zero-order valence-corrected chi connectivity index (χ0v) is 12.8. The molecule has 0 saturated heterocycles. The Kier molecular flexibility index (Phi) is 8.36. The Morgan fingerprint density at radius 2 is 1.42 bits per heavy atom. The number of para-hydroxylation sites is 1. The second kappa shape index (κ2) is 9.89. The second-order valence-electron chi connectivity index (χ2n) is 5.66. The van der Waals surface area contributed by atoms with Crippen LogP contribution in [-0.2, 0) is 6.42 Å². The first kappa shape index (κ1) is 16.1. The van der Waals surface area contributed by atoms with E-state index >= 15 is 0 Å². The highest BCUT2D eigenvalue weighted by molar-refractivity contribution is 5.39. The molecule has 1 nitrogen and oxygen atoms in total. The van der Waals surface area contributed by atoms with E-state index in [0.717, 1.165) is 17.5 Å². The second-order valence-corrected chi connectivity index (χ2v) is 5.66. The molecule has 0 heterocycles. The Morgan fingerprint density at radius 1 is 0.842 bits per heavy atom. The molecule has 19 heavy (non-hydrogen) atoms. The van der Waals surface area contributed by atoms with Crippen molar-refractivity contribution in [2.75, 3.05) is 0 Å². The summed E-state index contributed by atoms with van der Waals surface area (Å²) in [6, 6.07) is 6.06. The third-order valence-corrected chi connectivity index (χ3v) is 3.87. The lowest BCUT2D eigenvalue weighted by Gasteiger charge is -2.07. The van der Waals surface area contributed by atoms with Gasteiger partial charge in [-0.15, -0.1) is 0 Å². The van der Waals surface area contributed by atoms with Gasteiger partial charge < -0.3 is 5.11 Å². The van der Waals surface area contributed by atoms with Crippen molar-refractivity contribution in [3.63, 3.8) is 0 Å². The normalized spacial score (nSPS) is 10.8. The van der Waals surface area contributed by atoms with Gasteiger partial charge in [0, 0.05) is 0 Å². The maximum atomic E-state index is 9.92. The molecule has 1 heteroatoms. The van der Waals surface area contributed by atoms with Crippen LogP contribution in [0.15, 0.2) is 18.2 Å². The van der Waals surface area contributed by atoms with Crippen molar-refractivity contribution in [3.8, 4) is 5.75 Å². The summed E-state index contributed by atoms with van der Waals surface area (Å²) in [5.74, 6) is 0.502. The number of benzene rings is 1. The summed E-state index contributed by atoms with van der Waals surface area (Å²) >= 11 is 0. The molecule has 0 unspecified atom stereocenters. The molecule has 1 aromatic rings. The summed E-state index contributed by atoms with van der Waals surface area (Å²) in [4.78, 5) is 0. The van der Waals surface area contributed by atoms with Gasteiger partial charge in [-0.3, -0.25) is 0 Å². The third-order valence-electron chi connectivity index (χ3n) is 3.87. The molecule has 0 saturated carbocycles. The molecule has 0 radical (unpaired) electrons. The van der Waals surface area contributed by atoms with E-state index in [1.807, 2.05) is 25.1 Å². The van der Waals surface area contributed by atoms with Crippen LogP contribution in [0, 0.1) is 6.92 Å². The Morgan fingerprint density at radius 3 is 2.05 bits per heavy atom. The van der Waals surface area contributed by atoms with E-state index in [1.54, 1.807) is 0 Å². The van der Waals surface area contributed by atoms with Crippen LogP contribution in [0.3, 0.4) is 0 Å². The van der Waals surface area contributed by atoms with E-state index in [2.05, 4.69) is 6.92 Å². The van der Waals surface area contributed by atoms with Crippen LogP contribution in [0.5, 0.6) is 5.75 Å². The number of phenolic OH excluding ortho intramolecular Hbond substituents is 1. The fourth-order valence-corrected chi connectivity index (χ4v) is 2.55. The highest BCUT2D eigenvalue weighted by Gasteiger charge is 2.02. The highest BCUT2D eigenvalue weighted by Crippen LogP contribution is 2.23. The molecular weight excluding hydrogens is 232 g/mol. The first-order valence-electron chi connectivity index (χ1n) is 8.03. The van der Waals surface area contributed by atoms with Crippen molar-refractivity contribution >= 4 is 0 Å². The van der Waals surface area contributed by atoms with Crippen molar-refractivity contribution in [1.29, 1.82) is 0 Å². The molecule has 0 bridgehead atoms. The smallest absolute Gasteiger partial charge is 0.121 e. The van der Waals surface area contributed by atoms with Crippen LogP contribution in [0.25, 0.3) is 0 Å². The summed E-state index contributed by atoms with van der Waals surface area (Å²) in [6.07, 6.45) is 13.2. The van der Waals surface area contributed by atoms with Gasteiger partial charge in [0.1, 0.15) is 5.75 Å². The van der Waals surface area contributed by atoms with Crippen molar-refractivity contribution in [2.45, 2.75) is 78.1 Å². The summed E-state index contributed by atoms with van der Waals surface area (Å²) in [5, 5.41) is 9.92. The van der Waals surface area contributed by atoms with Gasteiger partial charge in [-0.25, -0.2) is 0 Å². The topological polar surface area (TPSA) is 20.2 Å². The minimum atomic E-state index is 0.502. The molecule has 0 aliphatic heterocycles. The maximum Gasteiger partial charge on any atom is 0.121 e. The fraction of sp³-hybridized carbons (Fsp3) is 0.667. The van der Waals surface area contributed by atoms with Crippen LogP contribution in [0.2, 0.25) is 0 Å². The van der Waals surface area contributed by atoms with E-state index in [0.29, 0.717) is 5.75 Å². The fourth-order valence-electron chi connectivity index (χ4n) is 2.55. The quantitative estimate of drug-likeness (QED) is 0.530. The lowest BCUT2D eigenvalue weighted by molar-refractivity contribution is 0.461. The maximum absolute atomic E-state index is 9.92. The van der Waals surface area contributed by atoms with Gasteiger partial charge in [0.15, 0.2) is 0 Å². The summed E-state index contributed by atoms with van der Waals surface area (Å²) in [5.41, 5.74) is 2.11. The van der Waals surface area contributed by atoms with E-state index in [4.69, 9.17) is 0 Å². The van der Waals surface area contributed by atoms with E-state index < -0.39 is 0 Å². The van der Waals surface area contributed by atoms with Crippen molar-refractivity contribution in [2.24, 2.45) is 0 Å². The Labute approximate surface area is 119 Å². The largest absolute Gasteiger partial charge is 0.507 e. The van der Waals surface area contributed by atoms with Crippen LogP contribution >= 0.6 is 0 Å². The van der Waals surface area contributed by atoms with E-state index in [9.17, 15) is 5.11 Å². The van der Waals surface area contributed by atoms with Gasteiger partial charge in [-0.05, 0) is 30.9 Å². The monoisotopic (exact) mass is 262 g/mol. The number of hydrogen-bond donors (Lipinski definition) is 1. The molecule has 1 rings (SSSR count). The van der Waals surface area contributed by atoms with Gasteiger partial charge in [0.05, 0.1) is 0 Å². The Bertz CT molecular complexity index is 344. The van der Waals surface area contributed by atoms with Gasteiger partial charge in [-0.1, -0.05) is 76.5 Å². The zero-order chi connectivity index (χ0) is 13.9. The first-order valence-corrected chi connectivity index (χ1v) is 8.03. The van der Waals surface area contributed by atoms with Crippen LogP contribution in [-0.4, -0.2) is 5.11 Å². The number of unbranched alkanes of at least 4 members (excludes halogenated alkanes) is 8. The molecule has 0 aromatic heterocycles. The SMILES string of the molecule is CCCCCCCCCCCc1cccc(C)c1O. The number of phenols is 1. The van der Waals surface area contributed by atoms with Gasteiger partial charge in [0.2, 0.25) is 0 Å². The first-order chi connectivity index (χ1) is 9.25. The minimum Gasteiger partial charge on any atom is -0.507 e. The van der Waals surface area contributed by atoms with Gasteiger partial charge >= 0.3 is 0 Å². The van der Waals surface area contributed by atoms with Gasteiger partial charge in [-0.2, -0.15) is 0 Å². The molecular formula is C18H30O. The summed E-state index contributed by atoms with van der Waals surface area (Å²) < 4.78 is 0. The van der Waals surface area contributed by atoms with E-state index in [-0.39, 0.29) is 0 Å². The predicted octanol–water partition coefficient (Wildman–Crippen LogP) is 5.77. The third kappa shape index (κ3) is 6.66. The zero-order valence-electron chi connectivity index (χ0n) is 12.8.